The van der Waals surface area contributed by atoms with Crippen LogP contribution >= 0.6 is 11.6 Å². The second-order valence-electron chi connectivity index (χ2n) is 4.44. The topological polar surface area (TPSA) is 85.1 Å². The largest absolute Gasteiger partial charge is 0.398 e. The third-order valence-electron chi connectivity index (χ3n) is 2.88. The zero-order valence-electron chi connectivity index (χ0n) is 11.0. The van der Waals surface area contributed by atoms with Gasteiger partial charge >= 0.3 is 0 Å². The summed E-state index contributed by atoms with van der Waals surface area (Å²) in [5.74, 6) is 0.187. The Hall–Kier alpha value is -1.79. The van der Waals surface area contributed by atoms with Crippen LogP contribution in [0, 0.1) is 13.8 Å². The van der Waals surface area contributed by atoms with Crippen LogP contribution in [0.15, 0.2) is 35.4 Å². The summed E-state index contributed by atoms with van der Waals surface area (Å²) in [7, 11) is -3.78. The van der Waals surface area contributed by atoms with E-state index in [1.807, 2.05) is 13.8 Å². The number of rotatable bonds is 3. The lowest BCUT2D eigenvalue weighted by molar-refractivity contribution is 0.601. The number of benzene rings is 1. The first-order chi connectivity index (χ1) is 9.29. The van der Waals surface area contributed by atoms with Crippen LogP contribution in [0.5, 0.6) is 0 Å². The van der Waals surface area contributed by atoms with Crippen LogP contribution in [0.3, 0.4) is 0 Å². The summed E-state index contributed by atoms with van der Waals surface area (Å²) in [6.07, 6.45) is 1.36. The number of sulfonamides is 1. The molecule has 0 atom stereocenters. The van der Waals surface area contributed by atoms with Crippen LogP contribution in [0.4, 0.5) is 11.5 Å². The van der Waals surface area contributed by atoms with E-state index >= 15 is 0 Å². The normalized spacial score (nSPS) is 11.3. The standard InChI is InChI=1S/C13H14ClN3O2S/c1-8-5-11(15)12(6-9(8)2)20(18,19)17-13-4-3-10(14)7-16-13/h3-7H,15H2,1-2H3,(H,16,17). The van der Waals surface area contributed by atoms with Gasteiger partial charge in [-0.15, -0.1) is 0 Å². The zero-order valence-corrected chi connectivity index (χ0v) is 12.6. The molecule has 0 amide bonds. The Balaban J connectivity index is 2.40. The minimum atomic E-state index is -3.78. The molecule has 3 N–H and O–H groups in total. The van der Waals surface area contributed by atoms with Crippen LogP contribution in [-0.4, -0.2) is 13.4 Å². The van der Waals surface area contributed by atoms with Crippen molar-refractivity contribution in [2.75, 3.05) is 10.5 Å². The maximum Gasteiger partial charge on any atom is 0.265 e. The van der Waals surface area contributed by atoms with Crippen molar-refractivity contribution in [3.05, 3.63) is 46.6 Å². The van der Waals surface area contributed by atoms with E-state index in [0.717, 1.165) is 11.1 Å². The quantitative estimate of drug-likeness (QED) is 0.853. The zero-order chi connectivity index (χ0) is 14.9. The molecule has 1 aromatic carbocycles. The van der Waals surface area contributed by atoms with Crippen molar-refractivity contribution in [1.29, 1.82) is 0 Å². The molecule has 0 radical (unpaired) electrons. The fourth-order valence-corrected chi connectivity index (χ4v) is 2.99. The smallest absolute Gasteiger partial charge is 0.265 e. The molecule has 0 saturated heterocycles. The number of hydrogen-bond acceptors (Lipinski definition) is 4. The minimum absolute atomic E-state index is 0.0392. The Morgan fingerprint density at radius 3 is 2.45 bits per heavy atom. The van der Waals surface area contributed by atoms with Crippen molar-refractivity contribution < 1.29 is 8.42 Å². The fraction of sp³-hybridized carbons (Fsp3) is 0.154. The van der Waals surface area contributed by atoms with Crippen molar-refractivity contribution in [3.8, 4) is 0 Å². The molecule has 0 aliphatic carbocycles. The average molecular weight is 312 g/mol. The van der Waals surface area contributed by atoms with Gasteiger partial charge in [0.2, 0.25) is 0 Å². The number of nitrogens with two attached hydrogens (primary N) is 1. The van der Waals surface area contributed by atoms with E-state index in [1.165, 1.54) is 12.3 Å². The number of anilines is 2. The van der Waals surface area contributed by atoms with E-state index in [2.05, 4.69) is 9.71 Å². The Morgan fingerprint density at radius 2 is 1.85 bits per heavy atom. The lowest BCUT2D eigenvalue weighted by Crippen LogP contribution is -2.16. The Bertz CT molecular complexity index is 743. The Kier molecular flexibility index (Phi) is 3.87. The van der Waals surface area contributed by atoms with Gasteiger partial charge in [0.25, 0.3) is 10.0 Å². The van der Waals surface area contributed by atoms with E-state index in [4.69, 9.17) is 17.3 Å². The number of pyridine rings is 1. The van der Waals surface area contributed by atoms with Gasteiger partial charge in [-0.2, -0.15) is 0 Å². The lowest BCUT2D eigenvalue weighted by Gasteiger charge is -2.11. The lowest BCUT2D eigenvalue weighted by atomic mass is 10.1. The van der Waals surface area contributed by atoms with Gasteiger partial charge in [-0.25, -0.2) is 13.4 Å². The van der Waals surface area contributed by atoms with Crippen LogP contribution < -0.4 is 10.5 Å². The van der Waals surface area contributed by atoms with Gasteiger partial charge in [0.15, 0.2) is 0 Å². The Labute approximate surface area is 122 Å². The van der Waals surface area contributed by atoms with Crippen molar-refractivity contribution in [2.45, 2.75) is 18.7 Å². The molecule has 1 aromatic heterocycles. The molecule has 106 valence electrons. The summed E-state index contributed by atoms with van der Waals surface area (Å²) in [5.41, 5.74) is 7.78. The maximum atomic E-state index is 12.3. The van der Waals surface area contributed by atoms with E-state index in [9.17, 15) is 8.42 Å². The van der Waals surface area contributed by atoms with Gasteiger partial charge in [-0.05, 0) is 49.2 Å². The van der Waals surface area contributed by atoms with Crippen LogP contribution in [0.1, 0.15) is 11.1 Å². The number of nitrogens with one attached hydrogen (secondary N) is 1. The van der Waals surface area contributed by atoms with Crippen LogP contribution in [-0.2, 0) is 10.0 Å². The molecule has 2 aromatic rings. The average Bonchev–Trinajstić information content (AvgIpc) is 2.36. The van der Waals surface area contributed by atoms with E-state index in [0.29, 0.717) is 5.02 Å². The second-order valence-corrected chi connectivity index (χ2v) is 6.53. The molecular weight excluding hydrogens is 298 g/mol. The van der Waals surface area contributed by atoms with Gasteiger partial charge in [-0.1, -0.05) is 11.6 Å². The summed E-state index contributed by atoms with van der Waals surface area (Å²) >= 11 is 5.70. The summed E-state index contributed by atoms with van der Waals surface area (Å²) in [4.78, 5) is 3.93. The maximum absolute atomic E-state index is 12.3. The predicted molar refractivity (Wildman–Crippen MR) is 80.4 cm³/mol. The third-order valence-corrected chi connectivity index (χ3v) is 4.52. The number of nitrogens with zero attached hydrogens (tertiary/aromatic N) is 1. The molecule has 0 bridgehead atoms. The number of aryl methyl sites for hydroxylation is 2. The highest BCUT2D eigenvalue weighted by Gasteiger charge is 2.19. The molecule has 0 spiro atoms. The summed E-state index contributed by atoms with van der Waals surface area (Å²) < 4.78 is 27.0. The molecule has 0 aliphatic rings. The number of hydrogen-bond donors (Lipinski definition) is 2. The SMILES string of the molecule is Cc1cc(N)c(S(=O)(=O)Nc2ccc(Cl)cn2)cc1C. The first kappa shape index (κ1) is 14.6. The molecule has 0 aliphatic heterocycles. The van der Waals surface area contributed by atoms with Gasteiger partial charge in [0, 0.05) is 6.20 Å². The van der Waals surface area contributed by atoms with E-state index in [1.54, 1.807) is 18.2 Å². The van der Waals surface area contributed by atoms with Crippen LogP contribution in [0.25, 0.3) is 0 Å². The van der Waals surface area contributed by atoms with Gasteiger partial charge in [-0.3, -0.25) is 4.72 Å². The summed E-state index contributed by atoms with van der Waals surface area (Å²) in [6, 6.07) is 6.22. The highest BCUT2D eigenvalue weighted by atomic mass is 35.5. The molecule has 0 saturated carbocycles. The highest BCUT2D eigenvalue weighted by Crippen LogP contribution is 2.24. The van der Waals surface area contributed by atoms with E-state index in [-0.39, 0.29) is 16.4 Å². The van der Waals surface area contributed by atoms with Crippen LogP contribution in [0.2, 0.25) is 5.02 Å². The molecule has 20 heavy (non-hydrogen) atoms. The molecule has 5 nitrogen and oxygen atoms in total. The van der Waals surface area contributed by atoms with Gasteiger partial charge in [0.1, 0.15) is 10.7 Å². The van der Waals surface area contributed by atoms with Crippen molar-refractivity contribution in [3.63, 3.8) is 0 Å². The molecular formula is C13H14ClN3O2S. The molecule has 1 heterocycles. The van der Waals surface area contributed by atoms with Crippen molar-refractivity contribution in [1.82, 2.24) is 4.98 Å². The first-order valence-corrected chi connectivity index (χ1v) is 7.67. The number of aromatic nitrogens is 1. The third kappa shape index (κ3) is 3.02. The van der Waals surface area contributed by atoms with Gasteiger partial charge < -0.3 is 5.73 Å². The fourth-order valence-electron chi connectivity index (χ4n) is 1.67. The summed E-state index contributed by atoms with van der Waals surface area (Å²) in [6.45, 7) is 3.70. The first-order valence-electron chi connectivity index (χ1n) is 5.81. The van der Waals surface area contributed by atoms with Crippen molar-refractivity contribution in [2.24, 2.45) is 0 Å². The molecule has 0 unspecified atom stereocenters. The molecule has 0 fully saturated rings. The van der Waals surface area contributed by atoms with Crippen molar-refractivity contribution >= 4 is 33.1 Å². The molecule has 2 rings (SSSR count). The second kappa shape index (κ2) is 5.30. The van der Waals surface area contributed by atoms with Gasteiger partial charge in [0.05, 0.1) is 10.7 Å². The highest BCUT2D eigenvalue weighted by molar-refractivity contribution is 7.92. The number of halogens is 1. The monoisotopic (exact) mass is 311 g/mol. The number of nitrogen functional groups attached to an aromatic ring is 1. The predicted octanol–water partition coefficient (Wildman–Crippen LogP) is 2.73. The van der Waals surface area contributed by atoms with E-state index < -0.39 is 10.0 Å². The minimum Gasteiger partial charge on any atom is -0.398 e. The molecule has 7 heteroatoms. The Morgan fingerprint density at radius 1 is 1.20 bits per heavy atom. The summed E-state index contributed by atoms with van der Waals surface area (Å²) in [5, 5.41) is 0.429.